The topological polar surface area (TPSA) is 57.6 Å². The molecule has 0 spiro atoms. The van der Waals surface area contributed by atoms with Gasteiger partial charge in [0.25, 0.3) is 5.91 Å². The Morgan fingerprint density at radius 2 is 1.94 bits per heavy atom. The van der Waals surface area contributed by atoms with Crippen LogP contribution in [0.2, 0.25) is 5.02 Å². The third-order valence-electron chi connectivity index (χ3n) is 2.32. The van der Waals surface area contributed by atoms with Gasteiger partial charge in [0.15, 0.2) is 0 Å². The fourth-order valence-corrected chi connectivity index (χ4v) is 1.56. The van der Waals surface area contributed by atoms with Crippen LogP contribution in [0.3, 0.4) is 0 Å². The summed E-state index contributed by atoms with van der Waals surface area (Å²) in [6, 6.07) is 6.47. The molecule has 0 unspecified atom stereocenters. The third kappa shape index (κ3) is 4.22. The quantitative estimate of drug-likeness (QED) is 0.806. The molecule has 18 heavy (non-hydrogen) atoms. The fraction of sp³-hybridized carbons (Fsp3) is 0.231. The van der Waals surface area contributed by atoms with Gasteiger partial charge in [0.2, 0.25) is 0 Å². The highest BCUT2D eigenvalue weighted by molar-refractivity contribution is 6.30. The molecule has 0 fully saturated rings. The summed E-state index contributed by atoms with van der Waals surface area (Å²) < 4.78 is 0. The van der Waals surface area contributed by atoms with Crippen LogP contribution in [-0.4, -0.2) is 35.0 Å². The summed E-state index contributed by atoms with van der Waals surface area (Å²) in [4.78, 5) is 24.1. The molecule has 0 saturated heterocycles. The first-order valence-corrected chi connectivity index (χ1v) is 5.80. The normalized spacial score (nSPS) is 9.83. The molecule has 1 aromatic carbocycles. The molecule has 1 amide bonds. The van der Waals surface area contributed by atoms with Gasteiger partial charge < -0.3 is 10.0 Å². The molecule has 0 aliphatic rings. The van der Waals surface area contributed by atoms with Gasteiger partial charge in [-0.05, 0) is 24.3 Å². The van der Waals surface area contributed by atoms with Gasteiger partial charge in [-0.25, -0.2) is 0 Å². The van der Waals surface area contributed by atoms with Crippen molar-refractivity contribution in [1.29, 1.82) is 0 Å². The van der Waals surface area contributed by atoms with Gasteiger partial charge in [0.05, 0.1) is 6.42 Å². The van der Waals surface area contributed by atoms with Crippen molar-refractivity contribution in [3.05, 3.63) is 47.5 Å². The Bertz CT molecular complexity index is 442. The number of benzene rings is 1. The molecule has 0 bridgehead atoms. The number of hydrogen-bond donors (Lipinski definition) is 1. The van der Waals surface area contributed by atoms with Gasteiger partial charge in [-0.2, -0.15) is 0 Å². The average molecular weight is 268 g/mol. The lowest BCUT2D eigenvalue weighted by Gasteiger charge is -2.20. The minimum absolute atomic E-state index is 0.0901. The zero-order valence-corrected chi connectivity index (χ0v) is 10.6. The Balaban J connectivity index is 2.78. The highest BCUT2D eigenvalue weighted by Gasteiger charge is 2.15. The first kappa shape index (κ1) is 14.3. The van der Waals surface area contributed by atoms with E-state index in [1.54, 1.807) is 30.3 Å². The molecule has 96 valence electrons. The highest BCUT2D eigenvalue weighted by Crippen LogP contribution is 2.12. The minimum atomic E-state index is -0.937. The molecule has 4 nitrogen and oxygen atoms in total. The van der Waals surface area contributed by atoms with Gasteiger partial charge in [-0.1, -0.05) is 17.7 Å². The summed E-state index contributed by atoms with van der Waals surface area (Å²) >= 11 is 5.74. The molecule has 0 heterocycles. The van der Waals surface area contributed by atoms with Gasteiger partial charge in [-0.3, -0.25) is 9.59 Å². The van der Waals surface area contributed by atoms with E-state index in [9.17, 15) is 9.59 Å². The van der Waals surface area contributed by atoms with Crippen LogP contribution in [0.25, 0.3) is 0 Å². The maximum absolute atomic E-state index is 12.1. The van der Waals surface area contributed by atoms with Crippen LogP contribution in [0.15, 0.2) is 36.9 Å². The molecule has 0 aliphatic carbocycles. The lowest BCUT2D eigenvalue weighted by Crippen LogP contribution is -2.33. The Morgan fingerprint density at radius 3 is 2.44 bits per heavy atom. The molecule has 1 aromatic rings. The van der Waals surface area contributed by atoms with Crippen molar-refractivity contribution >= 4 is 23.5 Å². The minimum Gasteiger partial charge on any atom is -0.481 e. The lowest BCUT2D eigenvalue weighted by molar-refractivity contribution is -0.137. The van der Waals surface area contributed by atoms with Crippen LogP contribution in [0.5, 0.6) is 0 Å². The molecular formula is C13H14ClNO3. The van der Waals surface area contributed by atoms with Gasteiger partial charge in [-0.15, -0.1) is 6.58 Å². The second-order valence-corrected chi connectivity index (χ2v) is 4.13. The molecular weight excluding hydrogens is 254 g/mol. The Hall–Kier alpha value is -1.81. The second kappa shape index (κ2) is 6.81. The van der Waals surface area contributed by atoms with E-state index in [1.807, 2.05) is 0 Å². The van der Waals surface area contributed by atoms with Crippen LogP contribution in [0.1, 0.15) is 16.8 Å². The van der Waals surface area contributed by atoms with Crippen molar-refractivity contribution < 1.29 is 14.7 Å². The van der Waals surface area contributed by atoms with E-state index in [0.29, 0.717) is 17.1 Å². The zero-order chi connectivity index (χ0) is 13.5. The smallest absolute Gasteiger partial charge is 0.305 e. The van der Waals surface area contributed by atoms with Crippen LogP contribution in [-0.2, 0) is 4.79 Å². The fourth-order valence-electron chi connectivity index (χ4n) is 1.44. The van der Waals surface area contributed by atoms with E-state index >= 15 is 0 Å². The van der Waals surface area contributed by atoms with Gasteiger partial charge in [0.1, 0.15) is 0 Å². The molecule has 0 aliphatic heterocycles. The van der Waals surface area contributed by atoms with Crippen molar-refractivity contribution in [2.75, 3.05) is 13.1 Å². The van der Waals surface area contributed by atoms with Gasteiger partial charge >= 0.3 is 5.97 Å². The van der Waals surface area contributed by atoms with E-state index in [-0.39, 0.29) is 18.9 Å². The standard InChI is InChI=1S/C13H14ClNO3/c1-2-8-15(9-7-12(16)17)13(18)10-3-5-11(14)6-4-10/h2-6H,1,7-9H2,(H,16,17). The Labute approximate surface area is 110 Å². The number of carbonyl (C=O) groups excluding carboxylic acids is 1. The number of aliphatic carboxylic acids is 1. The summed E-state index contributed by atoms with van der Waals surface area (Å²) in [5, 5.41) is 9.19. The molecule has 1 N–H and O–H groups in total. The Morgan fingerprint density at radius 1 is 1.33 bits per heavy atom. The monoisotopic (exact) mass is 267 g/mol. The average Bonchev–Trinajstić information content (AvgIpc) is 2.34. The van der Waals surface area contributed by atoms with Crippen LogP contribution < -0.4 is 0 Å². The van der Waals surface area contributed by atoms with Crippen molar-refractivity contribution in [3.8, 4) is 0 Å². The van der Waals surface area contributed by atoms with E-state index < -0.39 is 5.97 Å². The number of carboxylic acid groups (broad SMARTS) is 1. The maximum atomic E-state index is 12.1. The van der Waals surface area contributed by atoms with E-state index in [4.69, 9.17) is 16.7 Å². The zero-order valence-electron chi connectivity index (χ0n) is 9.80. The number of nitrogens with zero attached hydrogens (tertiary/aromatic N) is 1. The van der Waals surface area contributed by atoms with Crippen LogP contribution in [0.4, 0.5) is 0 Å². The van der Waals surface area contributed by atoms with Crippen molar-refractivity contribution in [1.82, 2.24) is 4.90 Å². The number of carbonyl (C=O) groups is 2. The predicted molar refractivity (Wildman–Crippen MR) is 69.8 cm³/mol. The lowest BCUT2D eigenvalue weighted by atomic mass is 10.2. The first-order valence-electron chi connectivity index (χ1n) is 5.42. The Kier molecular flexibility index (Phi) is 5.39. The third-order valence-corrected chi connectivity index (χ3v) is 2.58. The second-order valence-electron chi connectivity index (χ2n) is 3.69. The summed E-state index contributed by atoms with van der Waals surface area (Å²) in [7, 11) is 0. The molecule has 1 rings (SSSR count). The van der Waals surface area contributed by atoms with E-state index in [2.05, 4.69) is 6.58 Å². The van der Waals surface area contributed by atoms with E-state index in [0.717, 1.165) is 0 Å². The van der Waals surface area contributed by atoms with Crippen molar-refractivity contribution in [2.24, 2.45) is 0 Å². The molecule has 5 heteroatoms. The maximum Gasteiger partial charge on any atom is 0.305 e. The van der Waals surface area contributed by atoms with Crippen molar-refractivity contribution in [3.63, 3.8) is 0 Å². The largest absolute Gasteiger partial charge is 0.481 e. The predicted octanol–water partition coefficient (Wildman–Crippen LogP) is 2.44. The number of carboxylic acids is 1. The highest BCUT2D eigenvalue weighted by atomic mass is 35.5. The number of hydrogen-bond acceptors (Lipinski definition) is 2. The molecule has 0 radical (unpaired) electrons. The summed E-state index contributed by atoms with van der Waals surface area (Å²) in [5.41, 5.74) is 0.478. The summed E-state index contributed by atoms with van der Waals surface area (Å²) in [6.45, 7) is 4.03. The molecule has 0 atom stereocenters. The van der Waals surface area contributed by atoms with Crippen LogP contribution in [0, 0.1) is 0 Å². The summed E-state index contributed by atoms with van der Waals surface area (Å²) in [5.74, 6) is -1.17. The first-order chi connectivity index (χ1) is 8.54. The van der Waals surface area contributed by atoms with Crippen molar-refractivity contribution in [2.45, 2.75) is 6.42 Å². The van der Waals surface area contributed by atoms with Crippen LogP contribution >= 0.6 is 11.6 Å². The van der Waals surface area contributed by atoms with E-state index in [1.165, 1.54) is 4.90 Å². The molecule has 0 aromatic heterocycles. The number of rotatable bonds is 6. The number of halogens is 1. The number of amides is 1. The molecule has 0 saturated carbocycles. The SMILES string of the molecule is C=CCN(CCC(=O)O)C(=O)c1ccc(Cl)cc1. The van der Waals surface area contributed by atoms with Gasteiger partial charge in [0, 0.05) is 23.7 Å². The summed E-state index contributed by atoms with van der Waals surface area (Å²) in [6.07, 6.45) is 1.48.